The van der Waals surface area contributed by atoms with E-state index in [2.05, 4.69) is 23.3 Å². The highest BCUT2D eigenvalue weighted by Gasteiger charge is 2.47. The van der Waals surface area contributed by atoms with Crippen molar-refractivity contribution in [3.8, 4) is 0 Å². The van der Waals surface area contributed by atoms with Crippen molar-refractivity contribution in [2.75, 3.05) is 5.32 Å². The summed E-state index contributed by atoms with van der Waals surface area (Å²) in [5.74, 6) is 2.01. The van der Waals surface area contributed by atoms with Crippen molar-refractivity contribution in [3.05, 3.63) is 24.0 Å². The Morgan fingerprint density at radius 1 is 1.43 bits per heavy atom. The molecule has 0 saturated heterocycles. The first-order valence-corrected chi connectivity index (χ1v) is 5.52. The quantitative estimate of drug-likeness (QED) is 0.771. The van der Waals surface area contributed by atoms with E-state index in [-0.39, 0.29) is 0 Å². The van der Waals surface area contributed by atoms with E-state index in [0.29, 0.717) is 0 Å². The van der Waals surface area contributed by atoms with Crippen molar-refractivity contribution in [1.82, 2.24) is 4.98 Å². The van der Waals surface area contributed by atoms with Crippen LogP contribution in [-0.2, 0) is 0 Å². The van der Waals surface area contributed by atoms with Gasteiger partial charge in [-0.05, 0) is 49.7 Å². The Balaban J connectivity index is 1.74. The van der Waals surface area contributed by atoms with Crippen LogP contribution >= 0.6 is 0 Å². The van der Waals surface area contributed by atoms with Gasteiger partial charge in [0.05, 0.1) is 11.9 Å². The number of nitrogens with one attached hydrogen (secondary N) is 1. The molecule has 14 heavy (non-hydrogen) atoms. The van der Waals surface area contributed by atoms with Crippen molar-refractivity contribution >= 4 is 5.69 Å². The lowest BCUT2D eigenvalue weighted by Crippen LogP contribution is -2.19. The van der Waals surface area contributed by atoms with Gasteiger partial charge in [0.2, 0.25) is 0 Å². The third kappa shape index (κ3) is 1.29. The summed E-state index contributed by atoms with van der Waals surface area (Å²) in [7, 11) is 0. The first kappa shape index (κ1) is 8.27. The lowest BCUT2D eigenvalue weighted by Gasteiger charge is -2.16. The fraction of sp³-hybridized carbons (Fsp3) is 0.583. The Morgan fingerprint density at radius 2 is 2.36 bits per heavy atom. The highest BCUT2D eigenvalue weighted by molar-refractivity contribution is 5.49. The van der Waals surface area contributed by atoms with Gasteiger partial charge in [-0.25, -0.2) is 0 Å². The fourth-order valence-electron chi connectivity index (χ4n) is 2.70. The van der Waals surface area contributed by atoms with E-state index < -0.39 is 0 Å². The number of anilines is 1. The second-order valence-electron chi connectivity index (χ2n) is 4.68. The molecule has 0 aromatic carbocycles. The zero-order chi connectivity index (χ0) is 9.54. The summed E-state index contributed by atoms with van der Waals surface area (Å²) in [6, 6.07) is 2.80. The summed E-state index contributed by atoms with van der Waals surface area (Å²) in [5.41, 5.74) is 2.54. The van der Waals surface area contributed by atoms with Crippen molar-refractivity contribution < 1.29 is 0 Å². The molecule has 3 unspecified atom stereocenters. The molecule has 0 spiro atoms. The normalized spacial score (nSPS) is 33.9. The summed E-state index contributed by atoms with van der Waals surface area (Å²) < 4.78 is 0. The van der Waals surface area contributed by atoms with Crippen molar-refractivity contribution in [2.24, 2.45) is 11.8 Å². The second kappa shape index (κ2) is 2.97. The van der Waals surface area contributed by atoms with Gasteiger partial charge in [0.15, 0.2) is 0 Å². The Bertz CT molecular complexity index is 348. The Morgan fingerprint density at radius 3 is 3.00 bits per heavy atom. The summed E-state index contributed by atoms with van der Waals surface area (Å²) in [6.07, 6.45) is 8.04. The second-order valence-corrected chi connectivity index (χ2v) is 4.68. The molecule has 0 amide bonds. The molecule has 1 N–H and O–H groups in total. The minimum absolute atomic E-state index is 0.725. The molecule has 74 valence electrons. The van der Waals surface area contributed by atoms with Crippen LogP contribution in [0.2, 0.25) is 0 Å². The molecular formula is C12H16N2. The van der Waals surface area contributed by atoms with Gasteiger partial charge >= 0.3 is 0 Å². The molecule has 1 heterocycles. The topological polar surface area (TPSA) is 24.9 Å². The largest absolute Gasteiger partial charge is 0.381 e. The van der Waals surface area contributed by atoms with E-state index >= 15 is 0 Å². The van der Waals surface area contributed by atoms with Crippen LogP contribution in [0.25, 0.3) is 0 Å². The third-order valence-electron chi connectivity index (χ3n) is 3.72. The van der Waals surface area contributed by atoms with Gasteiger partial charge in [0.1, 0.15) is 0 Å². The monoisotopic (exact) mass is 188 g/mol. The number of aromatic nitrogens is 1. The Kier molecular flexibility index (Phi) is 1.76. The zero-order valence-corrected chi connectivity index (χ0v) is 8.53. The Labute approximate surface area is 84.7 Å². The summed E-state index contributed by atoms with van der Waals surface area (Å²) in [4.78, 5) is 4.16. The number of hydrogen-bond donors (Lipinski definition) is 1. The predicted octanol–water partition coefficient (Wildman–Crippen LogP) is 2.60. The molecule has 2 fully saturated rings. The van der Waals surface area contributed by atoms with Crippen LogP contribution in [0.15, 0.2) is 18.5 Å². The van der Waals surface area contributed by atoms with Crippen LogP contribution in [-0.4, -0.2) is 11.0 Å². The molecule has 2 aliphatic carbocycles. The standard InChI is InChI=1S/C12H16N2/c1-8-4-5-13-7-12(8)14-11-3-2-9-6-10(9)11/h4-5,7,9-11,14H,2-3,6H2,1H3. The van der Waals surface area contributed by atoms with E-state index in [1.54, 1.807) is 0 Å². The van der Waals surface area contributed by atoms with Gasteiger partial charge in [-0.3, -0.25) is 4.98 Å². The van der Waals surface area contributed by atoms with E-state index in [9.17, 15) is 0 Å². The van der Waals surface area contributed by atoms with Crippen LogP contribution < -0.4 is 5.32 Å². The van der Waals surface area contributed by atoms with Gasteiger partial charge in [0.25, 0.3) is 0 Å². The highest BCUT2D eigenvalue weighted by atomic mass is 15.0. The maximum atomic E-state index is 4.16. The molecule has 0 radical (unpaired) electrons. The number of aryl methyl sites for hydroxylation is 1. The van der Waals surface area contributed by atoms with E-state index in [1.807, 2.05) is 12.4 Å². The molecule has 2 nitrogen and oxygen atoms in total. The molecule has 3 atom stereocenters. The summed E-state index contributed by atoms with van der Waals surface area (Å²) >= 11 is 0. The molecule has 2 saturated carbocycles. The maximum Gasteiger partial charge on any atom is 0.0558 e. The predicted molar refractivity (Wildman–Crippen MR) is 57.2 cm³/mol. The maximum absolute atomic E-state index is 4.16. The minimum Gasteiger partial charge on any atom is -0.381 e. The molecule has 3 rings (SSSR count). The van der Waals surface area contributed by atoms with Crippen molar-refractivity contribution in [1.29, 1.82) is 0 Å². The molecule has 2 aliphatic rings. The minimum atomic E-state index is 0.725. The van der Waals surface area contributed by atoms with Gasteiger partial charge in [-0.15, -0.1) is 0 Å². The molecular weight excluding hydrogens is 172 g/mol. The third-order valence-corrected chi connectivity index (χ3v) is 3.72. The van der Waals surface area contributed by atoms with Gasteiger partial charge in [0, 0.05) is 12.2 Å². The first-order valence-electron chi connectivity index (χ1n) is 5.52. The molecule has 0 aliphatic heterocycles. The van der Waals surface area contributed by atoms with Crippen LogP contribution in [0.5, 0.6) is 0 Å². The van der Waals surface area contributed by atoms with Gasteiger partial charge in [-0.1, -0.05) is 0 Å². The average molecular weight is 188 g/mol. The number of hydrogen-bond acceptors (Lipinski definition) is 2. The summed E-state index contributed by atoms with van der Waals surface area (Å²) in [5, 5.41) is 3.64. The van der Waals surface area contributed by atoms with Gasteiger partial charge < -0.3 is 5.32 Å². The molecule has 1 aromatic rings. The summed E-state index contributed by atoms with van der Waals surface area (Å²) in [6.45, 7) is 2.14. The number of pyridine rings is 1. The first-order chi connectivity index (χ1) is 6.84. The van der Waals surface area contributed by atoms with E-state index in [1.165, 1.54) is 30.5 Å². The zero-order valence-electron chi connectivity index (χ0n) is 8.53. The Hall–Kier alpha value is -1.05. The van der Waals surface area contributed by atoms with Crippen LogP contribution in [0.1, 0.15) is 24.8 Å². The lowest BCUT2D eigenvalue weighted by molar-refractivity contribution is 0.653. The van der Waals surface area contributed by atoms with Crippen LogP contribution in [0.3, 0.4) is 0 Å². The van der Waals surface area contributed by atoms with Gasteiger partial charge in [-0.2, -0.15) is 0 Å². The van der Waals surface area contributed by atoms with Crippen LogP contribution in [0, 0.1) is 18.8 Å². The average Bonchev–Trinajstić information content (AvgIpc) is 2.87. The molecule has 0 bridgehead atoms. The van der Waals surface area contributed by atoms with E-state index in [0.717, 1.165) is 17.9 Å². The van der Waals surface area contributed by atoms with Crippen molar-refractivity contribution in [3.63, 3.8) is 0 Å². The molecule has 1 aromatic heterocycles. The number of nitrogens with zero attached hydrogens (tertiary/aromatic N) is 1. The smallest absolute Gasteiger partial charge is 0.0558 e. The molecule has 2 heteroatoms. The van der Waals surface area contributed by atoms with Crippen molar-refractivity contribution in [2.45, 2.75) is 32.2 Å². The SMILES string of the molecule is Cc1ccncc1NC1CCC2CC21. The van der Waals surface area contributed by atoms with E-state index in [4.69, 9.17) is 0 Å². The lowest BCUT2D eigenvalue weighted by atomic mass is 10.1. The van der Waals surface area contributed by atoms with Crippen LogP contribution in [0.4, 0.5) is 5.69 Å². The highest BCUT2D eigenvalue weighted by Crippen LogP contribution is 2.52. The fourth-order valence-corrected chi connectivity index (χ4v) is 2.70. The number of rotatable bonds is 2. The number of fused-ring (bicyclic) bond motifs is 1.